The Kier molecular flexibility index (Phi) is 2.80. The molecule has 0 bridgehead atoms. The number of aromatic nitrogens is 1. The summed E-state index contributed by atoms with van der Waals surface area (Å²) < 4.78 is 5.63. The van der Waals surface area contributed by atoms with Crippen molar-refractivity contribution < 1.29 is 4.42 Å². The highest BCUT2D eigenvalue weighted by Crippen LogP contribution is 2.39. The Labute approximate surface area is 90.6 Å². The smallest absolute Gasteiger partial charge is 0.198 e. The summed E-state index contributed by atoms with van der Waals surface area (Å²) in [5, 5.41) is 3.24. The van der Waals surface area contributed by atoms with Gasteiger partial charge in [0.15, 0.2) is 11.7 Å². The summed E-state index contributed by atoms with van der Waals surface area (Å²) in [7, 11) is 0. The Bertz CT molecular complexity index is 350. The summed E-state index contributed by atoms with van der Waals surface area (Å²) in [4.78, 5) is 4.26. The summed E-state index contributed by atoms with van der Waals surface area (Å²) in [5.41, 5.74) is 0.836. The molecule has 0 saturated heterocycles. The normalized spacial score (nSPS) is 15.7. The Morgan fingerprint density at radius 3 is 3.00 bits per heavy atom. The van der Waals surface area contributed by atoms with Crippen molar-refractivity contribution in [2.75, 3.05) is 6.54 Å². The van der Waals surface area contributed by atoms with Gasteiger partial charge in [-0.15, -0.1) is 0 Å². The summed E-state index contributed by atoms with van der Waals surface area (Å²) in [6.07, 6.45) is 4.20. The van der Waals surface area contributed by atoms with E-state index >= 15 is 0 Å². The molecule has 0 atom stereocenters. The Hall–Kier alpha value is -1.25. The van der Waals surface area contributed by atoms with Crippen LogP contribution in [0.3, 0.4) is 0 Å². The van der Waals surface area contributed by atoms with Crippen molar-refractivity contribution >= 4 is 5.70 Å². The van der Waals surface area contributed by atoms with Gasteiger partial charge in [-0.1, -0.05) is 20.4 Å². The van der Waals surface area contributed by atoms with Gasteiger partial charge in [0, 0.05) is 12.5 Å². The van der Waals surface area contributed by atoms with Crippen LogP contribution in [0.4, 0.5) is 0 Å². The van der Waals surface area contributed by atoms with Crippen LogP contribution in [-0.2, 0) is 0 Å². The number of hydrogen-bond donors (Lipinski definition) is 1. The minimum Gasteiger partial charge on any atom is -0.439 e. The van der Waals surface area contributed by atoms with E-state index in [1.54, 1.807) is 6.20 Å². The zero-order chi connectivity index (χ0) is 10.8. The van der Waals surface area contributed by atoms with E-state index in [9.17, 15) is 0 Å². The second-order valence-electron chi connectivity index (χ2n) is 4.59. The maximum absolute atomic E-state index is 5.63. The van der Waals surface area contributed by atoms with Gasteiger partial charge >= 0.3 is 0 Å². The molecule has 1 N–H and O–H groups in total. The third-order valence-electron chi connectivity index (χ3n) is 2.47. The van der Waals surface area contributed by atoms with Gasteiger partial charge in [-0.25, -0.2) is 4.98 Å². The molecule has 1 heterocycles. The average molecular weight is 206 g/mol. The van der Waals surface area contributed by atoms with Crippen LogP contribution in [0.5, 0.6) is 0 Å². The SMILES string of the molecule is C=C(NCC(C)C)c1cnc(C2CC2)o1. The van der Waals surface area contributed by atoms with Crippen LogP contribution in [0.1, 0.15) is 44.3 Å². The molecule has 0 aromatic carbocycles. The lowest BCUT2D eigenvalue weighted by Crippen LogP contribution is -2.17. The van der Waals surface area contributed by atoms with Crippen molar-refractivity contribution in [3.05, 3.63) is 24.4 Å². The first-order valence-electron chi connectivity index (χ1n) is 5.55. The van der Waals surface area contributed by atoms with Crippen molar-refractivity contribution in [3.63, 3.8) is 0 Å². The average Bonchev–Trinajstić information content (AvgIpc) is 2.93. The molecule has 0 amide bonds. The molecule has 0 aliphatic heterocycles. The molecule has 82 valence electrons. The van der Waals surface area contributed by atoms with Gasteiger partial charge in [0.05, 0.1) is 11.9 Å². The minimum atomic E-state index is 0.566. The summed E-state index contributed by atoms with van der Waals surface area (Å²) in [5.74, 6) is 2.82. The number of oxazole rings is 1. The zero-order valence-corrected chi connectivity index (χ0v) is 9.42. The van der Waals surface area contributed by atoms with E-state index in [-0.39, 0.29) is 0 Å². The second-order valence-corrected chi connectivity index (χ2v) is 4.59. The van der Waals surface area contributed by atoms with Gasteiger partial charge in [-0.3, -0.25) is 0 Å². The number of hydrogen-bond acceptors (Lipinski definition) is 3. The van der Waals surface area contributed by atoms with E-state index in [1.165, 1.54) is 12.8 Å². The van der Waals surface area contributed by atoms with Crippen molar-refractivity contribution in [3.8, 4) is 0 Å². The number of nitrogens with zero attached hydrogens (tertiary/aromatic N) is 1. The second kappa shape index (κ2) is 4.09. The maximum atomic E-state index is 5.63. The van der Waals surface area contributed by atoms with Gasteiger partial charge in [-0.2, -0.15) is 0 Å². The highest BCUT2D eigenvalue weighted by atomic mass is 16.4. The lowest BCUT2D eigenvalue weighted by atomic mass is 10.2. The van der Waals surface area contributed by atoms with E-state index in [0.717, 1.165) is 23.9 Å². The quantitative estimate of drug-likeness (QED) is 0.805. The molecule has 1 saturated carbocycles. The standard InChI is InChI=1S/C12H18N2O/c1-8(2)6-13-9(3)11-7-14-12(15-11)10-4-5-10/h7-8,10,13H,3-6H2,1-2H3. The van der Waals surface area contributed by atoms with E-state index < -0.39 is 0 Å². The third kappa shape index (κ3) is 2.61. The van der Waals surface area contributed by atoms with Crippen LogP contribution < -0.4 is 5.32 Å². The highest BCUT2D eigenvalue weighted by Gasteiger charge is 2.28. The maximum Gasteiger partial charge on any atom is 0.198 e. The van der Waals surface area contributed by atoms with Crippen molar-refractivity contribution in [2.24, 2.45) is 5.92 Å². The van der Waals surface area contributed by atoms with Crippen molar-refractivity contribution in [2.45, 2.75) is 32.6 Å². The molecule has 1 aromatic rings. The Morgan fingerprint density at radius 1 is 1.67 bits per heavy atom. The van der Waals surface area contributed by atoms with Gasteiger partial charge in [0.1, 0.15) is 0 Å². The Balaban J connectivity index is 1.93. The molecule has 3 nitrogen and oxygen atoms in total. The van der Waals surface area contributed by atoms with E-state index in [0.29, 0.717) is 11.8 Å². The van der Waals surface area contributed by atoms with Crippen LogP contribution >= 0.6 is 0 Å². The van der Waals surface area contributed by atoms with E-state index in [1.807, 2.05) is 0 Å². The number of rotatable bonds is 5. The van der Waals surface area contributed by atoms with Crippen molar-refractivity contribution in [1.82, 2.24) is 10.3 Å². The Morgan fingerprint density at radius 2 is 2.40 bits per heavy atom. The molecule has 3 heteroatoms. The molecule has 0 unspecified atom stereocenters. The van der Waals surface area contributed by atoms with Gasteiger partial charge in [0.25, 0.3) is 0 Å². The van der Waals surface area contributed by atoms with Crippen LogP contribution in [0, 0.1) is 5.92 Å². The monoisotopic (exact) mass is 206 g/mol. The largest absolute Gasteiger partial charge is 0.439 e. The fraction of sp³-hybridized carbons (Fsp3) is 0.583. The zero-order valence-electron chi connectivity index (χ0n) is 9.42. The first kappa shape index (κ1) is 10.3. The summed E-state index contributed by atoms with van der Waals surface area (Å²) in [6, 6.07) is 0. The van der Waals surface area contributed by atoms with Gasteiger partial charge < -0.3 is 9.73 Å². The number of nitrogens with one attached hydrogen (secondary N) is 1. The fourth-order valence-corrected chi connectivity index (χ4v) is 1.36. The molecule has 0 spiro atoms. The molecule has 2 rings (SSSR count). The molecule has 1 aromatic heterocycles. The highest BCUT2D eigenvalue weighted by molar-refractivity contribution is 5.55. The minimum absolute atomic E-state index is 0.566. The molecule has 15 heavy (non-hydrogen) atoms. The molecule has 1 aliphatic rings. The van der Waals surface area contributed by atoms with E-state index in [4.69, 9.17) is 4.42 Å². The predicted molar refractivity (Wildman–Crippen MR) is 60.4 cm³/mol. The summed E-state index contributed by atoms with van der Waals surface area (Å²) in [6.45, 7) is 9.19. The lowest BCUT2D eigenvalue weighted by molar-refractivity contribution is 0.481. The van der Waals surface area contributed by atoms with E-state index in [2.05, 4.69) is 30.7 Å². The molecule has 1 aliphatic carbocycles. The molecular weight excluding hydrogens is 188 g/mol. The van der Waals surface area contributed by atoms with Crippen LogP contribution in [-0.4, -0.2) is 11.5 Å². The predicted octanol–water partition coefficient (Wildman–Crippen LogP) is 2.77. The lowest BCUT2D eigenvalue weighted by Gasteiger charge is -2.08. The first-order valence-corrected chi connectivity index (χ1v) is 5.55. The molecule has 1 fully saturated rings. The summed E-state index contributed by atoms with van der Waals surface area (Å²) >= 11 is 0. The first-order chi connectivity index (χ1) is 7.16. The van der Waals surface area contributed by atoms with Crippen LogP contribution in [0.15, 0.2) is 17.2 Å². The van der Waals surface area contributed by atoms with Crippen LogP contribution in [0.25, 0.3) is 5.70 Å². The van der Waals surface area contributed by atoms with Gasteiger partial charge in [-0.05, 0) is 18.8 Å². The van der Waals surface area contributed by atoms with Crippen LogP contribution in [0.2, 0.25) is 0 Å². The topological polar surface area (TPSA) is 38.1 Å². The fourth-order valence-electron chi connectivity index (χ4n) is 1.36. The van der Waals surface area contributed by atoms with Gasteiger partial charge in [0.2, 0.25) is 0 Å². The molecular formula is C12H18N2O. The third-order valence-corrected chi connectivity index (χ3v) is 2.47. The van der Waals surface area contributed by atoms with Crippen molar-refractivity contribution in [1.29, 1.82) is 0 Å². The molecule has 0 radical (unpaired) electrons.